The van der Waals surface area contributed by atoms with E-state index in [0.29, 0.717) is 17.4 Å². The third-order valence-electron chi connectivity index (χ3n) is 5.03. The van der Waals surface area contributed by atoms with E-state index in [0.717, 1.165) is 30.3 Å². The lowest BCUT2D eigenvalue weighted by atomic mass is 10.3. The van der Waals surface area contributed by atoms with E-state index in [1.54, 1.807) is 36.4 Å². The summed E-state index contributed by atoms with van der Waals surface area (Å²) in [5, 5.41) is 3.20. The van der Waals surface area contributed by atoms with E-state index in [1.165, 1.54) is 32.1 Å². The molecule has 1 aliphatic heterocycles. The Morgan fingerprint density at radius 3 is 2.23 bits per heavy atom. The van der Waals surface area contributed by atoms with Gasteiger partial charge in [-0.2, -0.15) is 4.98 Å². The summed E-state index contributed by atoms with van der Waals surface area (Å²) in [6, 6.07) is 15.2. The molecule has 0 radical (unpaired) electrons. The van der Waals surface area contributed by atoms with Gasteiger partial charge in [0.2, 0.25) is 5.95 Å². The Labute approximate surface area is 182 Å². The number of nitrogens with zero attached hydrogens (tertiary/aromatic N) is 3. The van der Waals surface area contributed by atoms with E-state index >= 15 is 0 Å². The van der Waals surface area contributed by atoms with Crippen molar-refractivity contribution in [2.75, 3.05) is 35.1 Å². The Morgan fingerprint density at radius 2 is 1.58 bits per heavy atom. The predicted molar refractivity (Wildman–Crippen MR) is 122 cm³/mol. The summed E-state index contributed by atoms with van der Waals surface area (Å²) < 4.78 is 32.8. The van der Waals surface area contributed by atoms with Crippen LogP contribution in [0.25, 0.3) is 0 Å². The van der Waals surface area contributed by atoms with E-state index in [-0.39, 0.29) is 4.90 Å². The van der Waals surface area contributed by atoms with Crippen molar-refractivity contribution in [3.63, 3.8) is 0 Å². The molecule has 0 amide bonds. The van der Waals surface area contributed by atoms with Gasteiger partial charge in [0.25, 0.3) is 10.0 Å². The molecule has 9 heteroatoms. The van der Waals surface area contributed by atoms with E-state index < -0.39 is 10.0 Å². The fraction of sp³-hybridized carbons (Fsp3) is 0.273. The molecule has 162 valence electrons. The summed E-state index contributed by atoms with van der Waals surface area (Å²) in [5.41, 5.74) is 2.12. The Hall–Kier alpha value is -3.33. The monoisotopic (exact) mass is 439 g/mol. The normalized spacial score (nSPS) is 13.8. The summed E-state index contributed by atoms with van der Waals surface area (Å²) >= 11 is 0. The number of anilines is 4. The van der Waals surface area contributed by atoms with Crippen molar-refractivity contribution in [3.8, 4) is 5.75 Å². The van der Waals surface area contributed by atoms with Crippen molar-refractivity contribution < 1.29 is 13.2 Å². The van der Waals surface area contributed by atoms with Crippen LogP contribution in [0.15, 0.2) is 59.5 Å². The molecule has 8 nitrogen and oxygen atoms in total. The van der Waals surface area contributed by atoms with Gasteiger partial charge < -0.3 is 15.0 Å². The fourth-order valence-corrected chi connectivity index (χ4v) is 4.49. The van der Waals surface area contributed by atoms with Crippen LogP contribution in [0, 0.1) is 6.92 Å². The van der Waals surface area contributed by atoms with Gasteiger partial charge in [-0.3, -0.25) is 4.72 Å². The van der Waals surface area contributed by atoms with E-state index in [2.05, 4.69) is 24.9 Å². The lowest BCUT2D eigenvalue weighted by molar-refractivity contribution is 0.414. The molecule has 0 unspecified atom stereocenters. The molecule has 31 heavy (non-hydrogen) atoms. The van der Waals surface area contributed by atoms with Crippen LogP contribution in [0.5, 0.6) is 5.75 Å². The molecule has 0 spiro atoms. The first-order chi connectivity index (χ1) is 14.9. The quantitative estimate of drug-likeness (QED) is 0.576. The highest BCUT2D eigenvalue weighted by molar-refractivity contribution is 7.92. The van der Waals surface area contributed by atoms with Crippen molar-refractivity contribution in [2.45, 2.75) is 24.7 Å². The van der Waals surface area contributed by atoms with Crippen LogP contribution in [0.1, 0.15) is 18.5 Å². The number of nitrogens with one attached hydrogen (secondary N) is 2. The number of hydrogen-bond donors (Lipinski definition) is 2. The Morgan fingerprint density at radius 1 is 0.935 bits per heavy atom. The van der Waals surface area contributed by atoms with Crippen LogP contribution in [-0.2, 0) is 10.0 Å². The molecule has 2 N–H and O–H groups in total. The molecule has 2 heterocycles. The zero-order valence-electron chi connectivity index (χ0n) is 17.5. The first-order valence-electron chi connectivity index (χ1n) is 10.1. The van der Waals surface area contributed by atoms with E-state index in [1.807, 2.05) is 13.0 Å². The lowest BCUT2D eigenvalue weighted by Gasteiger charge is -2.17. The average Bonchev–Trinajstić information content (AvgIpc) is 3.30. The lowest BCUT2D eigenvalue weighted by Crippen LogP contribution is -2.19. The van der Waals surface area contributed by atoms with Crippen LogP contribution in [-0.4, -0.2) is 38.6 Å². The summed E-state index contributed by atoms with van der Waals surface area (Å²) in [4.78, 5) is 11.5. The maximum atomic E-state index is 12.6. The highest BCUT2D eigenvalue weighted by Crippen LogP contribution is 2.24. The molecule has 4 rings (SSSR count). The van der Waals surface area contributed by atoms with Crippen molar-refractivity contribution in [1.29, 1.82) is 0 Å². The Kier molecular flexibility index (Phi) is 5.94. The summed E-state index contributed by atoms with van der Waals surface area (Å²) in [6.07, 6.45) is 2.36. The molecule has 3 aromatic rings. The average molecular weight is 440 g/mol. The van der Waals surface area contributed by atoms with Gasteiger partial charge in [0, 0.05) is 36.2 Å². The Bertz CT molecular complexity index is 1140. The van der Waals surface area contributed by atoms with Crippen LogP contribution >= 0.6 is 0 Å². The highest BCUT2D eigenvalue weighted by Gasteiger charge is 2.16. The number of methoxy groups -OCH3 is 1. The second kappa shape index (κ2) is 8.81. The molecule has 0 aliphatic carbocycles. The van der Waals surface area contributed by atoms with Crippen molar-refractivity contribution in [3.05, 3.63) is 60.3 Å². The van der Waals surface area contributed by atoms with Gasteiger partial charge in [-0.1, -0.05) is 0 Å². The zero-order valence-corrected chi connectivity index (χ0v) is 18.3. The SMILES string of the molecule is COc1ccc(S(=O)(=O)Nc2ccc(Nc3nc(C)cc(N4CCCC4)n3)cc2)cc1. The van der Waals surface area contributed by atoms with Gasteiger partial charge in [0.15, 0.2) is 0 Å². The summed E-state index contributed by atoms with van der Waals surface area (Å²) in [5.74, 6) is 2.05. The molecule has 1 aromatic heterocycles. The molecule has 0 bridgehead atoms. The minimum absolute atomic E-state index is 0.165. The molecule has 0 saturated carbocycles. The number of ether oxygens (including phenoxy) is 1. The van der Waals surface area contributed by atoms with Crippen molar-refractivity contribution in [1.82, 2.24) is 9.97 Å². The van der Waals surface area contributed by atoms with Gasteiger partial charge in [-0.05, 0) is 68.3 Å². The third kappa shape index (κ3) is 5.05. The topological polar surface area (TPSA) is 96.5 Å². The standard InChI is InChI=1S/C22H25N5O3S/c1-16-15-21(27-13-3-4-14-27)25-22(23-16)24-17-5-7-18(8-6-17)26-31(28,29)20-11-9-19(30-2)10-12-20/h5-12,15,26H,3-4,13-14H2,1-2H3,(H,23,24,25). The molecule has 1 aliphatic rings. The maximum Gasteiger partial charge on any atom is 0.261 e. The van der Waals surface area contributed by atoms with Crippen LogP contribution in [0.3, 0.4) is 0 Å². The molecular weight excluding hydrogens is 414 g/mol. The summed E-state index contributed by atoms with van der Waals surface area (Å²) in [6.45, 7) is 3.97. The van der Waals surface area contributed by atoms with Crippen LogP contribution < -0.4 is 19.7 Å². The Balaban J connectivity index is 1.46. The second-order valence-electron chi connectivity index (χ2n) is 7.37. The fourth-order valence-electron chi connectivity index (χ4n) is 3.44. The van der Waals surface area contributed by atoms with Gasteiger partial charge in [0.1, 0.15) is 11.6 Å². The minimum Gasteiger partial charge on any atom is -0.497 e. The predicted octanol–water partition coefficient (Wildman–Crippen LogP) is 3.94. The van der Waals surface area contributed by atoms with Crippen LogP contribution in [0.2, 0.25) is 0 Å². The minimum atomic E-state index is -3.69. The number of sulfonamides is 1. The zero-order chi connectivity index (χ0) is 21.8. The molecule has 1 saturated heterocycles. The highest BCUT2D eigenvalue weighted by atomic mass is 32.2. The van der Waals surface area contributed by atoms with Gasteiger partial charge in [-0.15, -0.1) is 0 Å². The van der Waals surface area contributed by atoms with Gasteiger partial charge in [0.05, 0.1) is 12.0 Å². The first-order valence-corrected chi connectivity index (χ1v) is 11.6. The summed E-state index contributed by atoms with van der Waals surface area (Å²) in [7, 11) is -2.15. The van der Waals surface area contributed by atoms with Gasteiger partial charge in [-0.25, -0.2) is 13.4 Å². The number of aryl methyl sites for hydroxylation is 1. The number of hydrogen-bond acceptors (Lipinski definition) is 7. The van der Waals surface area contributed by atoms with E-state index in [4.69, 9.17) is 4.74 Å². The largest absolute Gasteiger partial charge is 0.497 e. The first kappa shape index (κ1) is 20.9. The van der Waals surface area contributed by atoms with E-state index in [9.17, 15) is 8.42 Å². The number of rotatable bonds is 7. The van der Waals surface area contributed by atoms with Crippen LogP contribution in [0.4, 0.5) is 23.1 Å². The molecule has 2 aromatic carbocycles. The molecule has 0 atom stereocenters. The number of aromatic nitrogens is 2. The third-order valence-corrected chi connectivity index (χ3v) is 6.43. The van der Waals surface area contributed by atoms with Crippen molar-refractivity contribution in [2.24, 2.45) is 0 Å². The smallest absolute Gasteiger partial charge is 0.261 e. The van der Waals surface area contributed by atoms with Gasteiger partial charge >= 0.3 is 0 Å². The second-order valence-corrected chi connectivity index (χ2v) is 9.05. The molecule has 1 fully saturated rings. The maximum absolute atomic E-state index is 12.6. The number of benzene rings is 2. The molecular formula is C22H25N5O3S. The van der Waals surface area contributed by atoms with Crippen molar-refractivity contribution >= 4 is 33.2 Å².